The third-order valence-corrected chi connectivity index (χ3v) is 4.30. The predicted molar refractivity (Wildman–Crippen MR) is 96.1 cm³/mol. The Kier molecular flexibility index (Phi) is 4.37. The first-order valence-electron chi connectivity index (χ1n) is 8.32. The van der Waals surface area contributed by atoms with Crippen molar-refractivity contribution >= 4 is 17.2 Å². The lowest BCUT2D eigenvalue weighted by molar-refractivity contribution is 0.103. The van der Waals surface area contributed by atoms with Gasteiger partial charge in [-0.3, -0.25) is 4.79 Å². The van der Waals surface area contributed by atoms with E-state index in [1.165, 1.54) is 17.7 Å². The Bertz CT molecular complexity index is 721. The number of carbonyl (C=O) groups excluding carboxylic acids is 1. The molecule has 3 heteroatoms. The zero-order valence-corrected chi connectivity index (χ0v) is 13.9. The molecule has 23 heavy (non-hydrogen) atoms. The summed E-state index contributed by atoms with van der Waals surface area (Å²) >= 11 is 0. The molecule has 0 aromatic heterocycles. The van der Waals surface area contributed by atoms with Gasteiger partial charge in [-0.2, -0.15) is 0 Å². The Balaban J connectivity index is 1.94. The lowest BCUT2D eigenvalue weighted by Gasteiger charge is -2.33. The average molecular weight is 308 g/mol. The van der Waals surface area contributed by atoms with E-state index in [1.807, 2.05) is 18.2 Å². The van der Waals surface area contributed by atoms with E-state index in [-0.39, 0.29) is 5.78 Å². The fraction of sp³-hybridized carbons (Fsp3) is 0.350. The average Bonchev–Trinajstić information content (AvgIpc) is 2.53. The van der Waals surface area contributed by atoms with Gasteiger partial charge in [0.05, 0.1) is 0 Å². The molecule has 120 valence electrons. The van der Waals surface area contributed by atoms with Gasteiger partial charge < -0.3 is 10.6 Å². The number of nitrogens with zero attached hydrogens (tertiary/aromatic N) is 1. The molecule has 1 aliphatic heterocycles. The number of anilines is 2. The molecular weight excluding hydrogens is 284 g/mol. The van der Waals surface area contributed by atoms with Gasteiger partial charge in [0.15, 0.2) is 5.78 Å². The van der Waals surface area contributed by atoms with E-state index in [9.17, 15) is 4.79 Å². The summed E-state index contributed by atoms with van der Waals surface area (Å²) in [5, 5.41) is 0. The lowest BCUT2D eigenvalue weighted by Crippen LogP contribution is -2.32. The van der Waals surface area contributed by atoms with Crippen LogP contribution in [-0.4, -0.2) is 18.9 Å². The van der Waals surface area contributed by atoms with Crippen molar-refractivity contribution in [1.82, 2.24) is 0 Å². The van der Waals surface area contributed by atoms with Gasteiger partial charge in [0, 0.05) is 35.6 Å². The molecule has 0 saturated carbocycles. The molecule has 2 aromatic carbocycles. The summed E-state index contributed by atoms with van der Waals surface area (Å²) in [6.07, 6.45) is 2.28. The van der Waals surface area contributed by atoms with E-state index in [2.05, 4.69) is 30.9 Å². The second kappa shape index (κ2) is 6.45. The minimum Gasteiger partial charge on any atom is -0.399 e. The second-order valence-corrected chi connectivity index (χ2v) is 6.74. The Labute approximate surface area is 138 Å². The monoisotopic (exact) mass is 308 g/mol. The second-order valence-electron chi connectivity index (χ2n) is 6.74. The highest BCUT2D eigenvalue weighted by Gasteiger charge is 2.20. The SMILES string of the molecule is CC(C)CN1CCCc2ccc(C(=O)c3cccc(N)c3)cc21. The number of fused-ring (bicyclic) bond motifs is 1. The van der Waals surface area contributed by atoms with Gasteiger partial charge in [0.1, 0.15) is 0 Å². The van der Waals surface area contributed by atoms with E-state index >= 15 is 0 Å². The Morgan fingerprint density at radius 3 is 2.70 bits per heavy atom. The van der Waals surface area contributed by atoms with Crippen molar-refractivity contribution in [1.29, 1.82) is 0 Å². The number of hydrogen-bond acceptors (Lipinski definition) is 3. The molecular formula is C20H24N2O. The van der Waals surface area contributed by atoms with Crippen LogP contribution in [0.3, 0.4) is 0 Å². The van der Waals surface area contributed by atoms with Gasteiger partial charge in [-0.15, -0.1) is 0 Å². The van der Waals surface area contributed by atoms with Gasteiger partial charge in [-0.25, -0.2) is 0 Å². The van der Waals surface area contributed by atoms with Gasteiger partial charge in [-0.1, -0.05) is 38.1 Å². The number of rotatable bonds is 4. The summed E-state index contributed by atoms with van der Waals surface area (Å²) in [6, 6.07) is 13.3. The van der Waals surface area contributed by atoms with Crippen LogP contribution in [0.15, 0.2) is 42.5 Å². The van der Waals surface area contributed by atoms with Crippen LogP contribution >= 0.6 is 0 Å². The van der Waals surface area contributed by atoms with E-state index < -0.39 is 0 Å². The zero-order valence-electron chi connectivity index (χ0n) is 13.9. The lowest BCUT2D eigenvalue weighted by atomic mass is 9.95. The van der Waals surface area contributed by atoms with Crippen molar-refractivity contribution in [3.63, 3.8) is 0 Å². The first-order valence-corrected chi connectivity index (χ1v) is 8.32. The molecule has 3 nitrogen and oxygen atoms in total. The number of ketones is 1. The van der Waals surface area contributed by atoms with Crippen molar-refractivity contribution in [3.05, 3.63) is 59.2 Å². The fourth-order valence-electron chi connectivity index (χ4n) is 3.27. The Hall–Kier alpha value is -2.29. The molecule has 0 spiro atoms. The van der Waals surface area contributed by atoms with Gasteiger partial charge >= 0.3 is 0 Å². The van der Waals surface area contributed by atoms with Crippen LogP contribution in [0.2, 0.25) is 0 Å². The van der Waals surface area contributed by atoms with Crippen LogP contribution in [-0.2, 0) is 6.42 Å². The molecule has 3 rings (SSSR count). The minimum atomic E-state index is 0.0372. The maximum Gasteiger partial charge on any atom is 0.193 e. The van der Waals surface area contributed by atoms with E-state index in [1.54, 1.807) is 12.1 Å². The largest absolute Gasteiger partial charge is 0.399 e. The summed E-state index contributed by atoms with van der Waals surface area (Å²) in [7, 11) is 0. The van der Waals surface area contributed by atoms with Crippen LogP contribution in [0.25, 0.3) is 0 Å². The van der Waals surface area contributed by atoms with Crippen LogP contribution < -0.4 is 10.6 Å². The van der Waals surface area contributed by atoms with Crippen molar-refractivity contribution in [2.24, 2.45) is 5.92 Å². The summed E-state index contributed by atoms with van der Waals surface area (Å²) in [5.74, 6) is 0.643. The smallest absolute Gasteiger partial charge is 0.193 e. The van der Waals surface area contributed by atoms with Crippen LogP contribution in [0.5, 0.6) is 0 Å². The molecule has 1 aliphatic rings. The summed E-state index contributed by atoms with van der Waals surface area (Å²) in [4.78, 5) is 15.2. The number of benzene rings is 2. The quantitative estimate of drug-likeness (QED) is 0.688. The van der Waals surface area contributed by atoms with E-state index in [0.717, 1.165) is 25.1 Å². The van der Waals surface area contributed by atoms with Crippen molar-refractivity contribution < 1.29 is 4.79 Å². The van der Waals surface area contributed by atoms with Crippen molar-refractivity contribution in [2.75, 3.05) is 23.7 Å². The van der Waals surface area contributed by atoms with Crippen LogP contribution in [0.1, 0.15) is 41.8 Å². The maximum atomic E-state index is 12.7. The van der Waals surface area contributed by atoms with Gasteiger partial charge in [0.2, 0.25) is 0 Å². The van der Waals surface area contributed by atoms with Gasteiger partial charge in [-0.05, 0) is 42.5 Å². The number of nitrogen functional groups attached to an aromatic ring is 1. The van der Waals surface area contributed by atoms with Crippen LogP contribution in [0.4, 0.5) is 11.4 Å². The van der Waals surface area contributed by atoms with Crippen molar-refractivity contribution in [2.45, 2.75) is 26.7 Å². The van der Waals surface area contributed by atoms with Crippen LogP contribution in [0, 0.1) is 5.92 Å². The number of nitrogens with two attached hydrogens (primary N) is 1. The summed E-state index contributed by atoms with van der Waals surface area (Å²) in [5.41, 5.74) is 10.4. The Morgan fingerprint density at radius 1 is 1.17 bits per heavy atom. The fourth-order valence-corrected chi connectivity index (χ4v) is 3.27. The molecule has 2 N–H and O–H groups in total. The number of carbonyl (C=O) groups is 1. The first kappa shape index (κ1) is 15.6. The van der Waals surface area contributed by atoms with E-state index in [0.29, 0.717) is 17.2 Å². The number of aryl methyl sites for hydroxylation is 1. The highest BCUT2D eigenvalue weighted by Crippen LogP contribution is 2.29. The molecule has 0 aliphatic carbocycles. The minimum absolute atomic E-state index is 0.0372. The molecule has 0 bridgehead atoms. The normalized spacial score (nSPS) is 14.0. The molecule has 0 radical (unpaired) electrons. The zero-order chi connectivity index (χ0) is 16.4. The number of hydrogen-bond donors (Lipinski definition) is 1. The molecule has 0 saturated heterocycles. The molecule has 0 amide bonds. The van der Waals surface area contributed by atoms with E-state index in [4.69, 9.17) is 5.73 Å². The molecule has 0 atom stereocenters. The topological polar surface area (TPSA) is 46.3 Å². The third kappa shape index (κ3) is 3.39. The van der Waals surface area contributed by atoms with Gasteiger partial charge in [0.25, 0.3) is 0 Å². The molecule has 2 aromatic rings. The summed E-state index contributed by atoms with van der Waals surface area (Å²) in [6.45, 7) is 6.57. The summed E-state index contributed by atoms with van der Waals surface area (Å²) < 4.78 is 0. The first-order chi connectivity index (χ1) is 11.0. The molecule has 1 heterocycles. The molecule has 0 fully saturated rings. The molecule has 0 unspecified atom stereocenters. The van der Waals surface area contributed by atoms with Crippen molar-refractivity contribution in [3.8, 4) is 0 Å². The highest BCUT2D eigenvalue weighted by atomic mass is 16.1. The predicted octanol–water partition coefficient (Wildman–Crippen LogP) is 3.91. The Morgan fingerprint density at radius 2 is 1.96 bits per heavy atom. The third-order valence-electron chi connectivity index (χ3n) is 4.30. The maximum absolute atomic E-state index is 12.7. The highest BCUT2D eigenvalue weighted by molar-refractivity contribution is 6.10. The standard InChI is InChI=1S/C20H24N2O/c1-14(2)13-22-10-4-6-15-8-9-17(12-19(15)22)20(23)16-5-3-7-18(21)11-16/h3,5,7-9,11-12,14H,4,6,10,13,21H2,1-2H3.